The van der Waals surface area contributed by atoms with Crippen LogP contribution in [0.5, 0.6) is 0 Å². The smallest absolute Gasteiger partial charge is 0.254 e. The summed E-state index contributed by atoms with van der Waals surface area (Å²) in [6, 6.07) is 6.61. The van der Waals surface area contributed by atoms with E-state index in [9.17, 15) is 14.0 Å². The van der Waals surface area contributed by atoms with E-state index in [2.05, 4.69) is 9.97 Å². The lowest BCUT2D eigenvalue weighted by molar-refractivity contribution is -0.132. The number of benzene rings is 1. The van der Waals surface area contributed by atoms with E-state index in [4.69, 9.17) is 0 Å². The van der Waals surface area contributed by atoms with Crippen molar-refractivity contribution in [2.45, 2.75) is 39.0 Å². The minimum Gasteiger partial charge on any atom is -0.342 e. The number of nitrogens with one attached hydrogen (secondary N) is 1. The van der Waals surface area contributed by atoms with E-state index in [1.807, 2.05) is 17.0 Å². The molecule has 1 N–H and O–H groups in total. The van der Waals surface area contributed by atoms with Crippen LogP contribution in [0.25, 0.3) is 0 Å². The van der Waals surface area contributed by atoms with Gasteiger partial charge in [-0.1, -0.05) is 12.1 Å². The third-order valence-corrected chi connectivity index (χ3v) is 4.97. The number of nitrogens with zero attached hydrogens (tertiary/aromatic N) is 2. The molecule has 0 bridgehead atoms. The quantitative estimate of drug-likeness (QED) is 0.895. The lowest BCUT2D eigenvalue weighted by Gasteiger charge is -2.33. The number of rotatable bonds is 5. The first kappa shape index (κ1) is 18.3. The zero-order chi connectivity index (χ0) is 18.5. The monoisotopic (exact) mass is 357 g/mol. The van der Waals surface area contributed by atoms with Gasteiger partial charge >= 0.3 is 0 Å². The molecule has 3 rings (SSSR count). The fraction of sp³-hybridized carbons (Fsp3) is 0.450. The van der Waals surface area contributed by atoms with Crippen molar-refractivity contribution in [3.05, 3.63) is 63.6 Å². The Hall–Kier alpha value is -2.50. The molecule has 1 aliphatic rings. The fourth-order valence-corrected chi connectivity index (χ4v) is 3.46. The minimum atomic E-state index is -0.240. The summed E-state index contributed by atoms with van der Waals surface area (Å²) >= 11 is 0. The van der Waals surface area contributed by atoms with E-state index in [1.54, 1.807) is 6.92 Å². The number of amides is 1. The average Bonchev–Trinajstić information content (AvgIpc) is 2.64. The van der Waals surface area contributed by atoms with E-state index in [0.29, 0.717) is 17.3 Å². The highest BCUT2D eigenvalue weighted by Gasteiger charge is 2.24. The van der Waals surface area contributed by atoms with Gasteiger partial charge in [0, 0.05) is 24.8 Å². The van der Waals surface area contributed by atoms with Gasteiger partial charge in [0.15, 0.2) is 0 Å². The summed E-state index contributed by atoms with van der Waals surface area (Å²) < 4.78 is 13.0. The minimum absolute atomic E-state index is 0.0207. The van der Waals surface area contributed by atoms with Gasteiger partial charge in [0.1, 0.15) is 11.6 Å². The topological polar surface area (TPSA) is 66.1 Å². The molecule has 1 atom stereocenters. The predicted molar refractivity (Wildman–Crippen MR) is 97.3 cm³/mol. The Labute approximate surface area is 152 Å². The molecular weight excluding hydrogens is 333 g/mol. The second-order valence-corrected chi connectivity index (χ2v) is 7.01. The van der Waals surface area contributed by atoms with Gasteiger partial charge < -0.3 is 9.88 Å². The van der Waals surface area contributed by atoms with Crippen molar-refractivity contribution >= 4 is 5.91 Å². The Bertz CT molecular complexity index is 817. The molecule has 1 amide bonds. The Morgan fingerprint density at radius 1 is 1.35 bits per heavy atom. The zero-order valence-electron chi connectivity index (χ0n) is 15.0. The van der Waals surface area contributed by atoms with E-state index in [1.165, 1.54) is 18.3 Å². The number of H-pyrrole nitrogens is 1. The average molecular weight is 357 g/mol. The SMILES string of the molecule is Cc1ncc(CC(=O)N2CCC[C@@H](CCc3ccc(F)cc3)C2)c(=O)[nH]1. The largest absolute Gasteiger partial charge is 0.342 e. The van der Waals surface area contributed by atoms with Crippen molar-refractivity contribution in [1.29, 1.82) is 0 Å². The summed E-state index contributed by atoms with van der Waals surface area (Å²) in [4.78, 5) is 33.0. The van der Waals surface area contributed by atoms with Crippen LogP contribution in [0.3, 0.4) is 0 Å². The number of hydrogen-bond acceptors (Lipinski definition) is 3. The van der Waals surface area contributed by atoms with Crippen LogP contribution in [0.15, 0.2) is 35.3 Å². The van der Waals surface area contributed by atoms with Crippen LogP contribution >= 0.6 is 0 Å². The zero-order valence-corrected chi connectivity index (χ0v) is 15.0. The molecule has 26 heavy (non-hydrogen) atoms. The van der Waals surface area contributed by atoms with Crippen LogP contribution in [0, 0.1) is 18.7 Å². The highest BCUT2D eigenvalue weighted by atomic mass is 19.1. The third kappa shape index (κ3) is 4.77. The van der Waals surface area contributed by atoms with Crippen LogP contribution in [-0.4, -0.2) is 33.9 Å². The highest BCUT2D eigenvalue weighted by molar-refractivity contribution is 5.78. The van der Waals surface area contributed by atoms with Gasteiger partial charge in [0.25, 0.3) is 5.56 Å². The van der Waals surface area contributed by atoms with Crippen LogP contribution in [0.4, 0.5) is 4.39 Å². The maximum absolute atomic E-state index is 13.0. The lowest BCUT2D eigenvalue weighted by Crippen LogP contribution is -2.41. The number of aromatic nitrogens is 2. The Morgan fingerprint density at radius 3 is 2.85 bits per heavy atom. The molecule has 0 radical (unpaired) electrons. The summed E-state index contributed by atoms with van der Waals surface area (Å²) in [5.41, 5.74) is 1.29. The third-order valence-electron chi connectivity index (χ3n) is 4.97. The summed E-state index contributed by atoms with van der Waals surface area (Å²) in [7, 11) is 0. The summed E-state index contributed by atoms with van der Waals surface area (Å²) in [5.74, 6) is 0.744. The van der Waals surface area contributed by atoms with Gasteiger partial charge in [0.2, 0.25) is 5.91 Å². The van der Waals surface area contributed by atoms with Crippen molar-refractivity contribution in [1.82, 2.24) is 14.9 Å². The standard InChI is InChI=1S/C20H24FN3O2/c1-14-22-12-17(20(26)23-14)11-19(25)24-10-2-3-16(13-24)5-4-15-6-8-18(21)9-7-15/h6-9,12,16H,2-5,10-11,13H2,1H3,(H,22,23,26)/t16-/m0/s1. The van der Waals surface area contributed by atoms with Gasteiger partial charge in [-0.05, 0) is 56.2 Å². The summed E-state index contributed by atoms with van der Waals surface area (Å²) in [6.45, 7) is 3.17. The molecule has 2 aromatic rings. The molecule has 1 aliphatic heterocycles. The number of halogens is 1. The van der Waals surface area contributed by atoms with Gasteiger partial charge in [-0.3, -0.25) is 9.59 Å². The molecule has 1 saturated heterocycles. The molecule has 5 nitrogen and oxygen atoms in total. The Balaban J connectivity index is 1.54. The van der Waals surface area contributed by atoms with Gasteiger partial charge in [0.05, 0.1) is 6.42 Å². The summed E-state index contributed by atoms with van der Waals surface area (Å²) in [5, 5.41) is 0. The molecule has 0 saturated carbocycles. The van der Waals surface area contributed by atoms with Gasteiger partial charge in [-0.2, -0.15) is 0 Å². The number of likely N-dealkylation sites (tertiary alicyclic amines) is 1. The van der Waals surface area contributed by atoms with Crippen molar-refractivity contribution in [2.24, 2.45) is 5.92 Å². The first-order valence-electron chi connectivity index (χ1n) is 9.08. The van der Waals surface area contributed by atoms with Crippen molar-refractivity contribution in [3.63, 3.8) is 0 Å². The van der Waals surface area contributed by atoms with Crippen molar-refractivity contribution < 1.29 is 9.18 Å². The number of carbonyl (C=O) groups is 1. The normalized spacial score (nSPS) is 17.3. The number of hydrogen-bond donors (Lipinski definition) is 1. The molecule has 0 aliphatic carbocycles. The lowest BCUT2D eigenvalue weighted by atomic mass is 9.91. The van der Waals surface area contributed by atoms with Crippen LogP contribution in [0.2, 0.25) is 0 Å². The van der Waals surface area contributed by atoms with E-state index >= 15 is 0 Å². The van der Waals surface area contributed by atoms with E-state index < -0.39 is 0 Å². The molecule has 0 unspecified atom stereocenters. The molecule has 6 heteroatoms. The van der Waals surface area contributed by atoms with E-state index in [0.717, 1.165) is 44.3 Å². The highest BCUT2D eigenvalue weighted by Crippen LogP contribution is 2.22. The predicted octanol–water partition coefficient (Wildman–Crippen LogP) is 2.63. The number of piperidine rings is 1. The van der Waals surface area contributed by atoms with E-state index in [-0.39, 0.29) is 23.7 Å². The second kappa shape index (κ2) is 8.25. The molecule has 1 fully saturated rings. The van der Waals surface area contributed by atoms with Crippen LogP contribution in [0.1, 0.15) is 36.2 Å². The van der Waals surface area contributed by atoms with Crippen molar-refractivity contribution in [3.8, 4) is 0 Å². The van der Waals surface area contributed by atoms with Gasteiger partial charge in [-0.25, -0.2) is 9.37 Å². The van der Waals surface area contributed by atoms with Crippen LogP contribution < -0.4 is 5.56 Å². The molecule has 0 spiro atoms. The van der Waals surface area contributed by atoms with Crippen LogP contribution in [-0.2, 0) is 17.6 Å². The Morgan fingerprint density at radius 2 is 2.12 bits per heavy atom. The first-order chi connectivity index (χ1) is 12.5. The van der Waals surface area contributed by atoms with Gasteiger partial charge in [-0.15, -0.1) is 0 Å². The fourth-order valence-electron chi connectivity index (χ4n) is 3.46. The Kier molecular flexibility index (Phi) is 5.81. The molecule has 2 heterocycles. The number of aryl methyl sites for hydroxylation is 2. The number of carbonyl (C=O) groups excluding carboxylic acids is 1. The number of aromatic amines is 1. The molecular formula is C20H24FN3O2. The molecule has 138 valence electrons. The first-order valence-corrected chi connectivity index (χ1v) is 9.08. The summed E-state index contributed by atoms with van der Waals surface area (Å²) in [6.07, 6.45) is 5.51. The molecule has 1 aromatic heterocycles. The second-order valence-electron chi connectivity index (χ2n) is 7.01. The maximum Gasteiger partial charge on any atom is 0.254 e. The maximum atomic E-state index is 13.0. The molecule has 1 aromatic carbocycles. The van der Waals surface area contributed by atoms with Crippen molar-refractivity contribution in [2.75, 3.05) is 13.1 Å².